The van der Waals surface area contributed by atoms with E-state index >= 15 is 0 Å². The number of rotatable bonds is 6. The first kappa shape index (κ1) is 19.5. The number of aromatic amines is 1. The third-order valence-electron chi connectivity index (χ3n) is 4.18. The monoisotopic (exact) mass is 396 g/mol. The number of nitrogens with zero attached hydrogens (tertiary/aromatic N) is 2. The van der Waals surface area contributed by atoms with Gasteiger partial charge in [0, 0.05) is 16.7 Å². The second-order valence-corrected chi connectivity index (χ2v) is 7.27. The Kier molecular flexibility index (Phi) is 6.00. The minimum Gasteiger partial charge on any atom is -0.496 e. The van der Waals surface area contributed by atoms with E-state index in [2.05, 4.69) is 20.5 Å². The standard InChI is InChI=1S/C20H20N4O3S/c1-12-13(2)28-20-18(12)19(26)22-16(23-20)11-17(25)24-21-10-6-8-14-7-4-5-9-15(14)27-3/h4-10H,11H2,1-3H3,(H,24,25)(H,22,23,26)/b8-6+,21-10-. The van der Waals surface area contributed by atoms with Crippen LogP contribution in [0.15, 0.2) is 40.2 Å². The van der Waals surface area contributed by atoms with E-state index in [1.54, 1.807) is 13.2 Å². The summed E-state index contributed by atoms with van der Waals surface area (Å²) in [6.07, 6.45) is 4.93. The summed E-state index contributed by atoms with van der Waals surface area (Å²) >= 11 is 1.45. The van der Waals surface area contributed by atoms with E-state index in [0.29, 0.717) is 16.0 Å². The number of aryl methyl sites for hydroxylation is 2. The van der Waals surface area contributed by atoms with Crippen LogP contribution in [0.25, 0.3) is 16.3 Å². The van der Waals surface area contributed by atoms with Gasteiger partial charge in [0.25, 0.3) is 5.56 Å². The molecule has 0 saturated heterocycles. The summed E-state index contributed by atoms with van der Waals surface area (Å²) < 4.78 is 5.26. The zero-order chi connectivity index (χ0) is 20.1. The summed E-state index contributed by atoms with van der Waals surface area (Å²) in [5.41, 5.74) is 4.02. The zero-order valence-corrected chi connectivity index (χ0v) is 16.6. The summed E-state index contributed by atoms with van der Waals surface area (Å²) in [6, 6.07) is 7.56. The lowest BCUT2D eigenvalue weighted by Crippen LogP contribution is -2.22. The Labute approximate surface area is 165 Å². The van der Waals surface area contributed by atoms with Crippen molar-refractivity contribution in [1.29, 1.82) is 0 Å². The first-order chi connectivity index (χ1) is 13.5. The Balaban J connectivity index is 1.61. The number of hydrazone groups is 1. The van der Waals surface area contributed by atoms with Gasteiger partial charge < -0.3 is 9.72 Å². The maximum absolute atomic E-state index is 12.2. The molecule has 28 heavy (non-hydrogen) atoms. The second-order valence-electron chi connectivity index (χ2n) is 6.07. The van der Waals surface area contributed by atoms with Gasteiger partial charge in [-0.15, -0.1) is 11.3 Å². The predicted molar refractivity (Wildman–Crippen MR) is 112 cm³/mol. The molecule has 1 amide bonds. The van der Waals surface area contributed by atoms with Crippen molar-refractivity contribution in [2.75, 3.05) is 7.11 Å². The molecule has 3 aromatic rings. The van der Waals surface area contributed by atoms with Crippen LogP contribution in [0.1, 0.15) is 21.8 Å². The third-order valence-corrected chi connectivity index (χ3v) is 5.28. The largest absolute Gasteiger partial charge is 0.496 e. The van der Waals surface area contributed by atoms with Crippen molar-refractivity contribution in [3.8, 4) is 5.75 Å². The minimum absolute atomic E-state index is 0.0608. The molecule has 144 valence electrons. The summed E-state index contributed by atoms with van der Waals surface area (Å²) in [5.74, 6) is 0.700. The quantitative estimate of drug-likeness (QED) is 0.494. The van der Waals surface area contributed by atoms with Crippen LogP contribution in [0.3, 0.4) is 0 Å². The van der Waals surface area contributed by atoms with Gasteiger partial charge in [0.2, 0.25) is 5.91 Å². The van der Waals surface area contributed by atoms with Crippen LogP contribution in [-0.2, 0) is 11.2 Å². The number of allylic oxidation sites excluding steroid dienone is 1. The summed E-state index contributed by atoms with van der Waals surface area (Å²) in [5, 5.41) is 4.46. The number of ether oxygens (including phenoxy) is 1. The molecule has 0 saturated carbocycles. The van der Waals surface area contributed by atoms with Crippen molar-refractivity contribution in [1.82, 2.24) is 15.4 Å². The molecule has 1 aromatic carbocycles. The molecule has 0 unspecified atom stereocenters. The minimum atomic E-state index is -0.366. The smallest absolute Gasteiger partial charge is 0.259 e. The number of methoxy groups -OCH3 is 1. The summed E-state index contributed by atoms with van der Waals surface area (Å²) in [4.78, 5) is 33.0. The van der Waals surface area contributed by atoms with Crippen LogP contribution >= 0.6 is 11.3 Å². The highest BCUT2D eigenvalue weighted by molar-refractivity contribution is 7.18. The molecule has 0 aliphatic rings. The first-order valence-electron chi connectivity index (χ1n) is 8.60. The van der Waals surface area contributed by atoms with Crippen LogP contribution in [0.2, 0.25) is 0 Å². The van der Waals surface area contributed by atoms with E-state index < -0.39 is 0 Å². The van der Waals surface area contributed by atoms with Crippen LogP contribution in [0, 0.1) is 13.8 Å². The van der Waals surface area contributed by atoms with Gasteiger partial charge in [-0.05, 0) is 37.6 Å². The van der Waals surface area contributed by atoms with Crippen molar-refractivity contribution in [3.63, 3.8) is 0 Å². The highest BCUT2D eigenvalue weighted by Gasteiger charge is 2.13. The van der Waals surface area contributed by atoms with Crippen LogP contribution in [0.4, 0.5) is 0 Å². The number of H-pyrrole nitrogens is 1. The predicted octanol–water partition coefficient (Wildman–Crippen LogP) is 2.97. The van der Waals surface area contributed by atoms with Crippen LogP contribution in [0.5, 0.6) is 5.75 Å². The number of thiophene rings is 1. The van der Waals surface area contributed by atoms with E-state index in [0.717, 1.165) is 21.8 Å². The fourth-order valence-corrected chi connectivity index (χ4v) is 3.73. The molecule has 0 atom stereocenters. The average molecular weight is 396 g/mol. The lowest BCUT2D eigenvalue weighted by atomic mass is 10.2. The van der Waals surface area contributed by atoms with E-state index in [-0.39, 0.29) is 17.9 Å². The topological polar surface area (TPSA) is 96.4 Å². The summed E-state index contributed by atoms with van der Waals surface area (Å²) in [7, 11) is 1.61. The molecule has 0 bridgehead atoms. The van der Waals surface area contributed by atoms with Crippen molar-refractivity contribution in [2.24, 2.45) is 5.10 Å². The highest BCUT2D eigenvalue weighted by Crippen LogP contribution is 2.25. The van der Waals surface area contributed by atoms with Gasteiger partial charge in [-0.1, -0.05) is 18.2 Å². The number of hydrogen-bond acceptors (Lipinski definition) is 6. The molecule has 3 rings (SSSR count). The van der Waals surface area contributed by atoms with Crippen LogP contribution < -0.4 is 15.7 Å². The lowest BCUT2D eigenvalue weighted by molar-refractivity contribution is -0.120. The molecule has 7 nitrogen and oxygen atoms in total. The van der Waals surface area contributed by atoms with Gasteiger partial charge in [-0.25, -0.2) is 10.4 Å². The van der Waals surface area contributed by atoms with Gasteiger partial charge in [0.1, 0.15) is 16.4 Å². The molecule has 0 spiro atoms. The molecule has 0 aliphatic heterocycles. The Morgan fingerprint density at radius 1 is 1.36 bits per heavy atom. The fourth-order valence-electron chi connectivity index (χ4n) is 2.68. The Morgan fingerprint density at radius 2 is 2.14 bits per heavy atom. The Hall–Kier alpha value is -3.26. The van der Waals surface area contributed by atoms with E-state index in [1.807, 2.05) is 44.2 Å². The summed E-state index contributed by atoms with van der Waals surface area (Å²) in [6.45, 7) is 3.84. The normalized spacial score (nSPS) is 11.5. The SMILES string of the molecule is COc1ccccc1/C=C/C=N\NC(=O)Cc1nc2sc(C)c(C)c2c(=O)[nH]1. The molecule has 0 fully saturated rings. The number of fused-ring (bicyclic) bond motifs is 1. The first-order valence-corrected chi connectivity index (χ1v) is 9.41. The van der Waals surface area contributed by atoms with E-state index in [1.165, 1.54) is 17.6 Å². The third kappa shape index (κ3) is 4.34. The average Bonchev–Trinajstić information content (AvgIpc) is 2.96. The van der Waals surface area contributed by atoms with Gasteiger partial charge in [-0.2, -0.15) is 5.10 Å². The molecule has 2 aromatic heterocycles. The fraction of sp³-hybridized carbons (Fsp3) is 0.200. The van der Waals surface area contributed by atoms with Gasteiger partial charge in [0.15, 0.2) is 0 Å². The molecule has 0 aliphatic carbocycles. The van der Waals surface area contributed by atoms with Crippen molar-refractivity contribution in [2.45, 2.75) is 20.3 Å². The van der Waals surface area contributed by atoms with Gasteiger partial charge in [0.05, 0.1) is 18.9 Å². The van der Waals surface area contributed by atoms with Crippen molar-refractivity contribution in [3.05, 3.63) is 62.5 Å². The number of amides is 1. The number of benzene rings is 1. The molecule has 8 heteroatoms. The van der Waals surface area contributed by atoms with Crippen molar-refractivity contribution >= 4 is 39.8 Å². The zero-order valence-electron chi connectivity index (χ0n) is 15.8. The molecule has 2 heterocycles. The molecular formula is C20H20N4O3S. The number of nitrogens with one attached hydrogen (secondary N) is 2. The molecule has 2 N–H and O–H groups in total. The second kappa shape index (κ2) is 8.62. The Morgan fingerprint density at radius 3 is 2.93 bits per heavy atom. The lowest BCUT2D eigenvalue weighted by Gasteiger charge is -2.02. The number of para-hydroxylation sites is 1. The van der Waals surface area contributed by atoms with E-state index in [9.17, 15) is 9.59 Å². The molecular weight excluding hydrogens is 376 g/mol. The number of hydrogen-bond donors (Lipinski definition) is 2. The number of aromatic nitrogens is 2. The Bertz CT molecular complexity index is 1130. The van der Waals surface area contributed by atoms with Gasteiger partial charge >= 0.3 is 0 Å². The van der Waals surface area contributed by atoms with E-state index in [4.69, 9.17) is 4.74 Å². The number of carbonyl (C=O) groups excluding carboxylic acids is 1. The highest BCUT2D eigenvalue weighted by atomic mass is 32.1. The van der Waals surface area contributed by atoms with Gasteiger partial charge in [-0.3, -0.25) is 9.59 Å². The maximum atomic E-state index is 12.2. The number of carbonyl (C=O) groups is 1. The van der Waals surface area contributed by atoms with Crippen LogP contribution in [-0.4, -0.2) is 29.2 Å². The molecule has 0 radical (unpaired) electrons. The maximum Gasteiger partial charge on any atom is 0.259 e. The van der Waals surface area contributed by atoms with Crippen molar-refractivity contribution < 1.29 is 9.53 Å².